The third-order valence-corrected chi connectivity index (χ3v) is 7.21. The molecular weight excluding hydrogens is 308 g/mol. The van der Waals surface area contributed by atoms with Crippen molar-refractivity contribution in [2.75, 3.05) is 0 Å². The molecule has 0 aromatic heterocycles. The van der Waals surface area contributed by atoms with Gasteiger partial charge in [0.2, 0.25) is 0 Å². The molecule has 1 atom stereocenters. The average molecular weight is 318 g/mol. The Morgan fingerprint density at radius 3 is 1.31 bits per heavy atom. The third-order valence-electron chi connectivity index (χ3n) is 1.55. The van der Waals surface area contributed by atoms with Crippen molar-refractivity contribution in [1.29, 1.82) is 0 Å². The molecule has 9 nitrogen and oxygen atoms in total. The Labute approximate surface area is 94.9 Å². The van der Waals surface area contributed by atoms with Crippen molar-refractivity contribution in [3.63, 3.8) is 0 Å². The lowest BCUT2D eigenvalue weighted by Gasteiger charge is -2.22. The maximum absolute atomic E-state index is 10.7. The summed E-state index contributed by atoms with van der Waals surface area (Å²) in [6, 6.07) is 0. The lowest BCUT2D eigenvalue weighted by molar-refractivity contribution is 0.333. The van der Waals surface area contributed by atoms with Crippen molar-refractivity contribution >= 4 is 34.4 Å². The zero-order valence-corrected chi connectivity index (χ0v) is 10.9. The molecule has 13 heteroatoms. The minimum absolute atomic E-state index is 1.19. The van der Waals surface area contributed by atoms with Crippen LogP contribution in [0, 0.1) is 0 Å². The molecule has 98 valence electrons. The molecule has 0 aliphatic carbocycles. The highest BCUT2D eigenvalue weighted by Crippen LogP contribution is 2.64. The molecule has 0 saturated heterocycles. The van der Waals surface area contributed by atoms with E-state index in [9.17, 15) is 13.7 Å². The fraction of sp³-hybridized carbons (Fsp3) is 1.00. The van der Waals surface area contributed by atoms with E-state index >= 15 is 0 Å². The van der Waals surface area contributed by atoms with Crippen molar-refractivity contribution in [2.24, 2.45) is 0 Å². The SMILES string of the molecule is O=P(O)(O)C(Cl)CC(P(=O)(O)O)P(=O)(O)O. The van der Waals surface area contributed by atoms with Crippen LogP contribution in [0.4, 0.5) is 0 Å². The molecule has 0 aliphatic rings. The van der Waals surface area contributed by atoms with Crippen LogP contribution in [0.3, 0.4) is 0 Å². The van der Waals surface area contributed by atoms with Gasteiger partial charge in [0.05, 0.1) is 0 Å². The maximum Gasteiger partial charge on any atom is 0.343 e. The first-order chi connectivity index (χ1) is 6.76. The lowest BCUT2D eigenvalue weighted by atomic mass is 10.5. The normalized spacial score (nSPS) is 16.5. The Balaban J connectivity index is 5.08. The van der Waals surface area contributed by atoms with Crippen LogP contribution < -0.4 is 0 Å². The summed E-state index contributed by atoms with van der Waals surface area (Å²) in [6.45, 7) is 0. The van der Waals surface area contributed by atoms with Gasteiger partial charge in [-0.15, -0.1) is 11.6 Å². The van der Waals surface area contributed by atoms with Crippen LogP contribution in [0.25, 0.3) is 0 Å². The Hall–Kier alpha value is 0.740. The summed E-state index contributed by atoms with van der Waals surface area (Å²) in [5.41, 5.74) is 0. The predicted molar refractivity (Wildman–Crippen MR) is 54.2 cm³/mol. The van der Waals surface area contributed by atoms with Gasteiger partial charge in [-0.2, -0.15) is 0 Å². The topological polar surface area (TPSA) is 173 Å². The summed E-state index contributed by atoms with van der Waals surface area (Å²) in [5, 5.41) is -4.59. The van der Waals surface area contributed by atoms with E-state index in [-0.39, 0.29) is 0 Å². The number of hydrogen-bond acceptors (Lipinski definition) is 3. The van der Waals surface area contributed by atoms with Crippen molar-refractivity contribution in [3.05, 3.63) is 0 Å². The molecular formula is C3H10ClO9P3. The van der Waals surface area contributed by atoms with Crippen molar-refractivity contribution in [1.82, 2.24) is 0 Å². The van der Waals surface area contributed by atoms with Crippen molar-refractivity contribution < 1.29 is 43.1 Å². The Kier molecular flexibility index (Phi) is 5.40. The molecule has 0 spiro atoms. The molecule has 0 bridgehead atoms. The van der Waals surface area contributed by atoms with Crippen LogP contribution in [-0.4, -0.2) is 39.9 Å². The lowest BCUT2D eigenvalue weighted by Crippen LogP contribution is -2.15. The summed E-state index contributed by atoms with van der Waals surface area (Å²) >= 11 is 5.11. The first-order valence-corrected chi connectivity index (χ1v) is 9.04. The molecule has 0 saturated carbocycles. The van der Waals surface area contributed by atoms with Gasteiger partial charge in [0.1, 0.15) is 5.12 Å². The summed E-state index contributed by atoms with van der Waals surface area (Å²) in [5.74, 6) is 0. The first-order valence-electron chi connectivity index (χ1n) is 3.56. The standard InChI is InChI=1S/C3H10ClO9P3/c4-2(14(5,6)7)1-3(15(8,9)10)16(11,12)13/h2-3H,1H2,(H2,5,6,7)(H2,8,9,10)(H2,11,12,13). The Bertz CT molecular complexity index is 353. The van der Waals surface area contributed by atoms with Gasteiger partial charge < -0.3 is 29.4 Å². The molecule has 6 N–H and O–H groups in total. The van der Waals surface area contributed by atoms with Gasteiger partial charge in [-0.3, -0.25) is 13.7 Å². The monoisotopic (exact) mass is 318 g/mol. The van der Waals surface area contributed by atoms with E-state index in [0.717, 1.165) is 0 Å². The Morgan fingerprint density at radius 2 is 1.12 bits per heavy atom. The van der Waals surface area contributed by atoms with E-state index in [1.54, 1.807) is 0 Å². The van der Waals surface area contributed by atoms with Crippen LogP contribution in [0.15, 0.2) is 0 Å². The summed E-state index contributed by atoms with van der Waals surface area (Å²) in [7, 11) is -15.3. The second-order valence-electron chi connectivity index (χ2n) is 2.92. The van der Waals surface area contributed by atoms with E-state index in [2.05, 4.69) is 0 Å². The molecule has 0 amide bonds. The van der Waals surface area contributed by atoms with Crippen LogP contribution in [0.1, 0.15) is 6.42 Å². The highest BCUT2D eigenvalue weighted by atomic mass is 35.5. The van der Waals surface area contributed by atoms with Crippen LogP contribution in [-0.2, 0) is 13.7 Å². The van der Waals surface area contributed by atoms with Crippen LogP contribution >= 0.6 is 34.4 Å². The molecule has 0 rings (SSSR count). The molecule has 1 unspecified atom stereocenters. The van der Waals surface area contributed by atoms with Crippen LogP contribution in [0.5, 0.6) is 0 Å². The quantitative estimate of drug-likeness (QED) is 0.296. The van der Waals surface area contributed by atoms with E-state index < -0.39 is 39.7 Å². The molecule has 0 fully saturated rings. The van der Waals surface area contributed by atoms with Gasteiger partial charge in [-0.1, -0.05) is 0 Å². The number of rotatable bonds is 5. The van der Waals surface area contributed by atoms with Gasteiger partial charge >= 0.3 is 22.8 Å². The Morgan fingerprint density at radius 1 is 0.812 bits per heavy atom. The van der Waals surface area contributed by atoms with Crippen LogP contribution in [0.2, 0.25) is 0 Å². The van der Waals surface area contributed by atoms with Crippen molar-refractivity contribution in [3.8, 4) is 0 Å². The van der Waals surface area contributed by atoms with E-state index in [4.69, 9.17) is 41.0 Å². The zero-order valence-electron chi connectivity index (χ0n) is 7.49. The summed E-state index contributed by atoms with van der Waals surface area (Å²) < 4.78 is 32.0. The van der Waals surface area contributed by atoms with Gasteiger partial charge in [0, 0.05) is 6.42 Å². The van der Waals surface area contributed by atoms with E-state index in [1.807, 2.05) is 0 Å². The third kappa shape index (κ3) is 5.38. The highest BCUT2D eigenvalue weighted by Gasteiger charge is 2.47. The van der Waals surface area contributed by atoms with Gasteiger partial charge in [-0.05, 0) is 0 Å². The number of hydrogen-bond donors (Lipinski definition) is 6. The summed E-state index contributed by atoms with van der Waals surface area (Å²) in [6.07, 6.45) is -1.19. The molecule has 0 heterocycles. The van der Waals surface area contributed by atoms with Gasteiger partial charge in [0.15, 0.2) is 5.40 Å². The van der Waals surface area contributed by atoms with Gasteiger partial charge in [0.25, 0.3) is 0 Å². The number of halogens is 1. The van der Waals surface area contributed by atoms with Gasteiger partial charge in [-0.25, -0.2) is 0 Å². The minimum Gasteiger partial charge on any atom is -0.324 e. The second kappa shape index (κ2) is 5.16. The first kappa shape index (κ1) is 16.7. The fourth-order valence-corrected chi connectivity index (χ4v) is 4.57. The smallest absolute Gasteiger partial charge is 0.324 e. The summed E-state index contributed by atoms with van der Waals surface area (Å²) in [4.78, 5) is 51.6. The number of alkyl halides is 1. The zero-order chi connectivity index (χ0) is 13.4. The largest absolute Gasteiger partial charge is 0.343 e. The van der Waals surface area contributed by atoms with E-state index in [0.29, 0.717) is 0 Å². The minimum atomic E-state index is -5.21. The maximum atomic E-state index is 10.7. The molecule has 0 radical (unpaired) electrons. The fourth-order valence-electron chi connectivity index (χ4n) is 0.782. The second-order valence-corrected chi connectivity index (χ2v) is 9.56. The molecule has 0 aromatic carbocycles. The predicted octanol–water partition coefficient (Wildman–Crippen LogP) is -0.199. The average Bonchev–Trinajstić information content (AvgIpc) is 1.92. The highest BCUT2D eigenvalue weighted by molar-refractivity contribution is 7.71. The van der Waals surface area contributed by atoms with Crippen molar-refractivity contribution in [2.45, 2.75) is 16.9 Å². The molecule has 16 heavy (non-hydrogen) atoms. The molecule has 0 aromatic rings. The molecule has 0 aliphatic heterocycles. The van der Waals surface area contributed by atoms with E-state index in [1.165, 1.54) is 0 Å².